The highest BCUT2D eigenvalue weighted by Crippen LogP contribution is 2.38. The Balaban J connectivity index is 3.58. The number of ether oxygens (including phenoxy) is 2. The van der Waals surface area contributed by atoms with E-state index in [1.807, 2.05) is 0 Å². The van der Waals surface area contributed by atoms with Gasteiger partial charge in [0.15, 0.2) is 5.78 Å². The van der Waals surface area contributed by atoms with E-state index < -0.39 is 34.8 Å². The van der Waals surface area contributed by atoms with Crippen LogP contribution in [0, 0.1) is 0 Å². The summed E-state index contributed by atoms with van der Waals surface area (Å²) in [4.78, 5) is 24.9. The monoisotopic (exact) mass is 361 g/mol. The number of rotatable bonds is 5. The summed E-state index contributed by atoms with van der Waals surface area (Å²) in [6, 6.07) is 3.62. The molecule has 0 aliphatic rings. The molecule has 5 nitrogen and oxygen atoms in total. The zero-order valence-corrected chi connectivity index (χ0v) is 15.0. The molecule has 0 fully saturated rings. The Labute approximate surface area is 144 Å². The summed E-state index contributed by atoms with van der Waals surface area (Å²) in [6.45, 7) is 7.17. The van der Waals surface area contributed by atoms with E-state index in [-0.39, 0.29) is 11.3 Å². The number of carbonyl (C=O) groups is 2. The first-order valence-electron chi connectivity index (χ1n) is 7.48. The van der Waals surface area contributed by atoms with Crippen molar-refractivity contribution < 1.29 is 32.2 Å². The van der Waals surface area contributed by atoms with Crippen molar-refractivity contribution in [3.8, 4) is 5.75 Å². The lowest BCUT2D eigenvalue weighted by Crippen LogP contribution is -2.44. The minimum atomic E-state index is -4.74. The molecule has 140 valence electrons. The maximum atomic E-state index is 12.8. The SMILES string of the molecule is COc1ccc(NC(F)(F)F)c([C@](C)(C(C)=O)C(=O)OC(C)(C)C)c1. The minimum Gasteiger partial charge on any atom is -0.497 e. The number of alkyl halides is 3. The van der Waals surface area contributed by atoms with Gasteiger partial charge in [-0.3, -0.25) is 14.9 Å². The molecule has 0 aliphatic heterocycles. The predicted octanol–water partition coefficient (Wildman–Crippen LogP) is 3.82. The first-order chi connectivity index (χ1) is 11.2. The van der Waals surface area contributed by atoms with Gasteiger partial charge in [-0.15, -0.1) is 0 Å². The number of hydrogen-bond acceptors (Lipinski definition) is 5. The zero-order chi connectivity index (χ0) is 19.6. The van der Waals surface area contributed by atoms with E-state index in [1.54, 1.807) is 20.8 Å². The number of ketones is 1. The summed E-state index contributed by atoms with van der Waals surface area (Å²) < 4.78 is 48.8. The number of hydrogen-bond donors (Lipinski definition) is 1. The van der Waals surface area contributed by atoms with Crippen LogP contribution in [0.2, 0.25) is 0 Å². The predicted molar refractivity (Wildman–Crippen MR) is 86.5 cm³/mol. The van der Waals surface area contributed by atoms with Gasteiger partial charge in [0.2, 0.25) is 0 Å². The molecule has 0 unspecified atom stereocenters. The number of halogens is 3. The summed E-state index contributed by atoms with van der Waals surface area (Å²) in [5, 5.41) is 1.36. The Morgan fingerprint density at radius 1 is 1.08 bits per heavy atom. The highest BCUT2D eigenvalue weighted by Gasteiger charge is 2.46. The number of esters is 1. The molecule has 0 aromatic heterocycles. The average molecular weight is 361 g/mol. The third-order valence-corrected chi connectivity index (χ3v) is 3.55. The lowest BCUT2D eigenvalue weighted by molar-refractivity contribution is -0.163. The van der Waals surface area contributed by atoms with Gasteiger partial charge in [0.05, 0.1) is 7.11 Å². The van der Waals surface area contributed by atoms with Gasteiger partial charge in [-0.05, 0) is 52.8 Å². The van der Waals surface area contributed by atoms with Crippen molar-refractivity contribution in [3.63, 3.8) is 0 Å². The molecule has 1 rings (SSSR count). The molecule has 0 spiro atoms. The Bertz CT molecular complexity index is 665. The van der Waals surface area contributed by atoms with Crippen molar-refractivity contribution in [2.24, 2.45) is 0 Å². The third kappa shape index (κ3) is 5.11. The highest BCUT2D eigenvalue weighted by atomic mass is 19.4. The van der Waals surface area contributed by atoms with E-state index >= 15 is 0 Å². The molecule has 0 radical (unpaired) electrons. The number of Topliss-reactive ketones (excluding diaryl/α,β-unsaturated/α-hetero) is 1. The van der Waals surface area contributed by atoms with E-state index in [0.717, 1.165) is 13.0 Å². The van der Waals surface area contributed by atoms with Crippen molar-refractivity contribution in [2.75, 3.05) is 12.4 Å². The van der Waals surface area contributed by atoms with E-state index in [0.29, 0.717) is 0 Å². The molecule has 0 saturated heterocycles. The van der Waals surface area contributed by atoms with Crippen LogP contribution in [0.4, 0.5) is 18.9 Å². The summed E-state index contributed by atoms with van der Waals surface area (Å²) in [5.74, 6) is -1.38. The standard InChI is InChI=1S/C17H22F3NO4/c1-10(22)16(5,14(23)25-15(2,3)4)12-9-11(24-6)7-8-13(12)21-17(18,19)20/h7-9,21H,1-6H3/t16-/m0/s1. The third-order valence-electron chi connectivity index (χ3n) is 3.55. The summed E-state index contributed by atoms with van der Waals surface area (Å²) in [6.07, 6.45) is -4.74. The molecular weight excluding hydrogens is 339 g/mol. The van der Waals surface area contributed by atoms with Crippen LogP contribution in [0.3, 0.4) is 0 Å². The van der Waals surface area contributed by atoms with E-state index in [2.05, 4.69) is 0 Å². The first kappa shape index (κ1) is 20.8. The van der Waals surface area contributed by atoms with Crippen LogP contribution in [0.15, 0.2) is 18.2 Å². The van der Waals surface area contributed by atoms with Gasteiger partial charge >= 0.3 is 12.3 Å². The van der Waals surface area contributed by atoms with Crippen LogP contribution in [-0.2, 0) is 19.7 Å². The highest BCUT2D eigenvalue weighted by molar-refractivity contribution is 6.09. The van der Waals surface area contributed by atoms with Crippen molar-refractivity contribution >= 4 is 17.4 Å². The quantitative estimate of drug-likeness (QED) is 0.491. The van der Waals surface area contributed by atoms with Gasteiger partial charge in [0.1, 0.15) is 16.8 Å². The molecule has 0 bridgehead atoms. The van der Waals surface area contributed by atoms with Crippen LogP contribution >= 0.6 is 0 Å². The maximum Gasteiger partial charge on any atom is 0.482 e. The smallest absolute Gasteiger partial charge is 0.482 e. The number of nitrogens with one attached hydrogen (secondary N) is 1. The van der Waals surface area contributed by atoms with Crippen LogP contribution in [0.5, 0.6) is 5.75 Å². The Kier molecular flexibility index (Phi) is 5.77. The fourth-order valence-electron chi connectivity index (χ4n) is 2.15. The number of benzene rings is 1. The summed E-state index contributed by atoms with van der Waals surface area (Å²) >= 11 is 0. The van der Waals surface area contributed by atoms with Gasteiger partial charge < -0.3 is 9.47 Å². The summed E-state index contributed by atoms with van der Waals surface area (Å²) in [5.41, 5.74) is -3.44. The Morgan fingerprint density at radius 2 is 1.64 bits per heavy atom. The van der Waals surface area contributed by atoms with Crippen molar-refractivity contribution in [2.45, 2.75) is 51.9 Å². The molecule has 1 N–H and O–H groups in total. The Morgan fingerprint density at radius 3 is 2.04 bits per heavy atom. The number of anilines is 1. The van der Waals surface area contributed by atoms with Crippen molar-refractivity contribution in [1.82, 2.24) is 0 Å². The van der Waals surface area contributed by atoms with E-state index in [1.165, 1.54) is 31.5 Å². The van der Waals surface area contributed by atoms with E-state index in [9.17, 15) is 22.8 Å². The van der Waals surface area contributed by atoms with Gasteiger partial charge in [0, 0.05) is 11.3 Å². The van der Waals surface area contributed by atoms with Crippen molar-refractivity contribution in [3.05, 3.63) is 23.8 Å². The molecule has 1 aromatic carbocycles. The largest absolute Gasteiger partial charge is 0.497 e. The lowest BCUT2D eigenvalue weighted by Gasteiger charge is -2.31. The molecule has 1 aromatic rings. The molecule has 0 saturated carbocycles. The van der Waals surface area contributed by atoms with Crippen LogP contribution in [0.1, 0.15) is 40.2 Å². The molecule has 1 atom stereocenters. The first-order valence-corrected chi connectivity index (χ1v) is 7.48. The van der Waals surface area contributed by atoms with Crippen LogP contribution < -0.4 is 10.1 Å². The topological polar surface area (TPSA) is 64.6 Å². The second-order valence-corrected chi connectivity index (χ2v) is 6.72. The van der Waals surface area contributed by atoms with E-state index in [4.69, 9.17) is 9.47 Å². The number of carbonyl (C=O) groups excluding carboxylic acids is 2. The minimum absolute atomic E-state index is 0.175. The van der Waals surface area contributed by atoms with Gasteiger partial charge in [-0.1, -0.05) is 0 Å². The molecule has 8 heteroatoms. The molecule has 25 heavy (non-hydrogen) atoms. The van der Waals surface area contributed by atoms with Gasteiger partial charge in [0.25, 0.3) is 0 Å². The fourth-order valence-corrected chi connectivity index (χ4v) is 2.15. The average Bonchev–Trinajstić information content (AvgIpc) is 2.43. The molecule has 0 amide bonds. The fraction of sp³-hybridized carbons (Fsp3) is 0.529. The second-order valence-electron chi connectivity index (χ2n) is 6.72. The number of methoxy groups -OCH3 is 1. The molecule has 0 heterocycles. The lowest BCUT2D eigenvalue weighted by atomic mass is 9.77. The van der Waals surface area contributed by atoms with Crippen LogP contribution in [-0.4, -0.2) is 30.8 Å². The second kappa shape index (κ2) is 6.93. The molecule has 0 aliphatic carbocycles. The zero-order valence-electron chi connectivity index (χ0n) is 15.0. The Hall–Kier alpha value is -2.25. The maximum absolute atomic E-state index is 12.8. The summed E-state index contributed by atoms with van der Waals surface area (Å²) in [7, 11) is 1.33. The van der Waals surface area contributed by atoms with Crippen molar-refractivity contribution in [1.29, 1.82) is 0 Å². The van der Waals surface area contributed by atoms with Gasteiger partial charge in [-0.25, -0.2) is 0 Å². The van der Waals surface area contributed by atoms with Crippen LogP contribution in [0.25, 0.3) is 0 Å². The normalized spacial score (nSPS) is 14.4. The van der Waals surface area contributed by atoms with Gasteiger partial charge in [-0.2, -0.15) is 13.2 Å². The molecular formula is C17H22F3NO4.